The monoisotopic (exact) mass is 358 g/mol. The minimum Gasteiger partial charge on any atom is -0.355 e. The number of hydrogen-bond acceptors (Lipinski definition) is 4. The van der Waals surface area contributed by atoms with E-state index >= 15 is 0 Å². The molecule has 0 spiro atoms. The SMILES string of the molecule is Cc1ccc(Nc2ccc(NS(=O)(=O)c3cccs3)cc2)c(C)c1. The zero-order chi connectivity index (χ0) is 17.2. The van der Waals surface area contributed by atoms with Crippen molar-refractivity contribution in [3.05, 3.63) is 71.1 Å². The molecule has 2 N–H and O–H groups in total. The average Bonchev–Trinajstić information content (AvgIpc) is 3.07. The summed E-state index contributed by atoms with van der Waals surface area (Å²) in [4.78, 5) is 0. The highest BCUT2D eigenvalue weighted by Gasteiger charge is 2.14. The highest BCUT2D eigenvalue weighted by atomic mass is 32.2. The summed E-state index contributed by atoms with van der Waals surface area (Å²) < 4.78 is 27.3. The molecule has 24 heavy (non-hydrogen) atoms. The summed E-state index contributed by atoms with van der Waals surface area (Å²) in [6.45, 7) is 4.12. The third-order valence-corrected chi connectivity index (χ3v) is 6.34. The van der Waals surface area contributed by atoms with Crippen molar-refractivity contribution in [2.45, 2.75) is 18.1 Å². The maximum absolute atomic E-state index is 12.2. The van der Waals surface area contributed by atoms with Crippen molar-refractivity contribution in [2.24, 2.45) is 0 Å². The van der Waals surface area contributed by atoms with Crippen molar-refractivity contribution in [3.8, 4) is 0 Å². The summed E-state index contributed by atoms with van der Waals surface area (Å²) in [5.41, 5.74) is 4.86. The molecule has 0 radical (unpaired) electrons. The van der Waals surface area contributed by atoms with Gasteiger partial charge in [0.15, 0.2) is 0 Å². The van der Waals surface area contributed by atoms with Gasteiger partial charge in [-0.25, -0.2) is 8.42 Å². The molecule has 0 aliphatic rings. The molecule has 0 atom stereocenters. The molecule has 0 saturated heterocycles. The van der Waals surface area contributed by atoms with Gasteiger partial charge in [-0.3, -0.25) is 4.72 Å². The van der Waals surface area contributed by atoms with Crippen LogP contribution in [0.1, 0.15) is 11.1 Å². The molecule has 0 fully saturated rings. The number of thiophene rings is 1. The quantitative estimate of drug-likeness (QED) is 0.681. The van der Waals surface area contributed by atoms with Crippen LogP contribution in [0, 0.1) is 13.8 Å². The van der Waals surface area contributed by atoms with E-state index in [1.807, 2.05) is 18.2 Å². The van der Waals surface area contributed by atoms with Gasteiger partial charge in [-0.15, -0.1) is 11.3 Å². The van der Waals surface area contributed by atoms with Gasteiger partial charge in [0.05, 0.1) is 0 Å². The van der Waals surface area contributed by atoms with Crippen molar-refractivity contribution < 1.29 is 8.42 Å². The van der Waals surface area contributed by atoms with Crippen molar-refractivity contribution in [2.75, 3.05) is 10.0 Å². The Morgan fingerprint density at radius 1 is 0.917 bits per heavy atom. The van der Waals surface area contributed by atoms with E-state index < -0.39 is 10.0 Å². The minimum absolute atomic E-state index is 0.306. The minimum atomic E-state index is -3.51. The van der Waals surface area contributed by atoms with Crippen LogP contribution in [0.4, 0.5) is 17.1 Å². The van der Waals surface area contributed by atoms with Crippen molar-refractivity contribution in [3.63, 3.8) is 0 Å². The van der Waals surface area contributed by atoms with Gasteiger partial charge in [-0.05, 0) is 61.2 Å². The summed E-state index contributed by atoms with van der Waals surface area (Å²) in [6, 6.07) is 16.7. The Morgan fingerprint density at radius 3 is 2.25 bits per heavy atom. The molecule has 1 aromatic heterocycles. The standard InChI is InChI=1S/C18H18N2O2S2/c1-13-5-10-17(14(2)12-13)19-15-6-8-16(9-7-15)20-24(21,22)18-4-3-11-23-18/h3-12,19-20H,1-2H3. The predicted molar refractivity (Wildman–Crippen MR) is 101 cm³/mol. The number of benzene rings is 2. The molecule has 0 saturated carbocycles. The normalized spacial score (nSPS) is 11.2. The molecule has 0 amide bonds. The number of rotatable bonds is 5. The fourth-order valence-electron chi connectivity index (χ4n) is 2.35. The second-order valence-corrected chi connectivity index (χ2v) is 8.42. The van der Waals surface area contributed by atoms with Gasteiger partial charge < -0.3 is 5.32 Å². The van der Waals surface area contributed by atoms with Gasteiger partial charge in [0.2, 0.25) is 0 Å². The highest BCUT2D eigenvalue weighted by molar-refractivity contribution is 7.94. The molecule has 3 rings (SSSR count). The van der Waals surface area contributed by atoms with Gasteiger partial charge in [0.1, 0.15) is 4.21 Å². The first-order valence-corrected chi connectivity index (χ1v) is 9.81. The lowest BCUT2D eigenvalue weighted by Crippen LogP contribution is -2.11. The first-order valence-electron chi connectivity index (χ1n) is 7.45. The van der Waals surface area contributed by atoms with Crippen molar-refractivity contribution in [1.82, 2.24) is 0 Å². The lowest BCUT2D eigenvalue weighted by atomic mass is 10.1. The second kappa shape index (κ2) is 6.67. The van der Waals surface area contributed by atoms with E-state index in [1.165, 1.54) is 16.9 Å². The van der Waals surface area contributed by atoms with Crippen LogP contribution in [0.25, 0.3) is 0 Å². The van der Waals surface area contributed by atoms with E-state index in [9.17, 15) is 8.42 Å². The van der Waals surface area contributed by atoms with Crippen LogP contribution in [-0.4, -0.2) is 8.42 Å². The summed E-state index contributed by atoms with van der Waals surface area (Å²) in [7, 11) is -3.51. The Bertz CT molecular complexity index is 932. The average molecular weight is 358 g/mol. The van der Waals surface area contributed by atoms with Gasteiger partial charge in [0, 0.05) is 17.1 Å². The third kappa shape index (κ3) is 3.77. The van der Waals surface area contributed by atoms with Crippen LogP contribution in [0.5, 0.6) is 0 Å². The Labute approximate surface area is 146 Å². The first kappa shape index (κ1) is 16.5. The van der Waals surface area contributed by atoms with Crippen molar-refractivity contribution >= 4 is 38.4 Å². The molecule has 0 bridgehead atoms. The molecular weight excluding hydrogens is 340 g/mol. The molecule has 0 aliphatic carbocycles. The second-order valence-electron chi connectivity index (χ2n) is 5.56. The van der Waals surface area contributed by atoms with Crippen LogP contribution >= 0.6 is 11.3 Å². The molecule has 6 heteroatoms. The zero-order valence-electron chi connectivity index (χ0n) is 13.4. The van der Waals surface area contributed by atoms with Crippen LogP contribution < -0.4 is 10.0 Å². The topological polar surface area (TPSA) is 58.2 Å². The maximum atomic E-state index is 12.2. The molecule has 1 heterocycles. The van der Waals surface area contributed by atoms with E-state index in [0.29, 0.717) is 9.90 Å². The molecule has 0 aliphatic heterocycles. The molecule has 2 aromatic carbocycles. The largest absolute Gasteiger partial charge is 0.355 e. The Kier molecular flexibility index (Phi) is 4.59. The number of hydrogen-bond donors (Lipinski definition) is 2. The number of aryl methyl sites for hydroxylation is 2. The van der Waals surface area contributed by atoms with Crippen LogP contribution in [0.15, 0.2) is 64.2 Å². The molecule has 3 aromatic rings. The summed E-state index contributed by atoms with van der Waals surface area (Å²) in [5.74, 6) is 0. The number of anilines is 3. The summed E-state index contributed by atoms with van der Waals surface area (Å²) in [6.07, 6.45) is 0. The smallest absolute Gasteiger partial charge is 0.271 e. The summed E-state index contributed by atoms with van der Waals surface area (Å²) in [5, 5.41) is 5.08. The molecule has 124 valence electrons. The lowest BCUT2D eigenvalue weighted by molar-refractivity contribution is 0.603. The predicted octanol–water partition coefficient (Wildman–Crippen LogP) is 4.91. The van der Waals surface area contributed by atoms with Gasteiger partial charge in [-0.1, -0.05) is 23.8 Å². The molecular formula is C18H18N2O2S2. The van der Waals surface area contributed by atoms with E-state index in [4.69, 9.17) is 0 Å². The number of nitrogens with one attached hydrogen (secondary N) is 2. The Hall–Kier alpha value is -2.31. The zero-order valence-corrected chi connectivity index (χ0v) is 15.0. The van der Waals surface area contributed by atoms with Gasteiger partial charge in [0.25, 0.3) is 10.0 Å². The summed E-state index contributed by atoms with van der Waals surface area (Å²) >= 11 is 1.19. The number of sulfonamides is 1. The van der Waals surface area contributed by atoms with E-state index in [0.717, 1.165) is 16.9 Å². The van der Waals surface area contributed by atoms with Gasteiger partial charge >= 0.3 is 0 Å². The maximum Gasteiger partial charge on any atom is 0.271 e. The van der Waals surface area contributed by atoms with Crippen LogP contribution in [0.2, 0.25) is 0 Å². The van der Waals surface area contributed by atoms with Crippen molar-refractivity contribution in [1.29, 1.82) is 0 Å². The molecule has 0 unspecified atom stereocenters. The highest BCUT2D eigenvalue weighted by Crippen LogP contribution is 2.24. The van der Waals surface area contributed by atoms with E-state index in [1.54, 1.807) is 29.6 Å². The Balaban J connectivity index is 1.74. The van der Waals surface area contributed by atoms with E-state index in [-0.39, 0.29) is 0 Å². The van der Waals surface area contributed by atoms with Crippen LogP contribution in [0.3, 0.4) is 0 Å². The van der Waals surface area contributed by atoms with Crippen LogP contribution in [-0.2, 0) is 10.0 Å². The fraction of sp³-hybridized carbons (Fsp3) is 0.111. The molecule has 4 nitrogen and oxygen atoms in total. The third-order valence-electron chi connectivity index (χ3n) is 3.56. The Morgan fingerprint density at radius 2 is 1.62 bits per heavy atom. The van der Waals surface area contributed by atoms with Gasteiger partial charge in [-0.2, -0.15) is 0 Å². The lowest BCUT2D eigenvalue weighted by Gasteiger charge is -2.11. The first-order chi connectivity index (χ1) is 11.4. The van der Waals surface area contributed by atoms with E-state index in [2.05, 4.69) is 36.0 Å². The fourth-order valence-corrected chi connectivity index (χ4v) is 4.40.